The van der Waals surface area contributed by atoms with Gasteiger partial charge in [0.25, 0.3) is 0 Å². The normalized spacial score (nSPS) is 9.47. The third kappa shape index (κ3) is 5.68. The molecule has 0 bridgehead atoms. The van der Waals surface area contributed by atoms with Crippen molar-refractivity contribution in [3.8, 4) is 0 Å². The van der Waals surface area contributed by atoms with E-state index in [4.69, 9.17) is 9.47 Å². The van der Waals surface area contributed by atoms with Gasteiger partial charge >= 0.3 is 11.9 Å². The third-order valence-electron chi connectivity index (χ3n) is 2.22. The van der Waals surface area contributed by atoms with E-state index < -0.39 is 11.9 Å². The Bertz CT molecular complexity index is 462. The van der Waals surface area contributed by atoms with Gasteiger partial charge in [-0.25, -0.2) is 4.79 Å². The Labute approximate surface area is 112 Å². The van der Waals surface area contributed by atoms with Gasteiger partial charge in [0.2, 0.25) is 0 Å². The van der Waals surface area contributed by atoms with E-state index in [-0.39, 0.29) is 25.2 Å². The fraction of sp³-hybridized carbons (Fsp3) is 0.200. The summed E-state index contributed by atoms with van der Waals surface area (Å²) in [5.41, 5.74) is 0.947. The van der Waals surface area contributed by atoms with Crippen LogP contribution in [0.15, 0.2) is 55.1 Å². The summed E-state index contributed by atoms with van der Waals surface area (Å²) in [6, 6.07) is 9.26. The summed E-state index contributed by atoms with van der Waals surface area (Å²) in [7, 11) is 0. The maximum atomic E-state index is 11.6. The Balaban J connectivity index is 2.35. The van der Waals surface area contributed by atoms with Crippen LogP contribution in [0.3, 0.4) is 0 Å². The summed E-state index contributed by atoms with van der Waals surface area (Å²) in [5, 5.41) is 0. The van der Waals surface area contributed by atoms with Crippen molar-refractivity contribution in [3.05, 3.63) is 60.7 Å². The van der Waals surface area contributed by atoms with Gasteiger partial charge in [-0.3, -0.25) is 4.79 Å². The van der Waals surface area contributed by atoms with Crippen molar-refractivity contribution >= 4 is 11.9 Å². The van der Waals surface area contributed by atoms with E-state index in [2.05, 4.69) is 13.2 Å². The van der Waals surface area contributed by atoms with Gasteiger partial charge in [-0.1, -0.05) is 49.6 Å². The topological polar surface area (TPSA) is 52.6 Å². The van der Waals surface area contributed by atoms with Crippen molar-refractivity contribution in [2.24, 2.45) is 0 Å². The summed E-state index contributed by atoms with van der Waals surface area (Å²) in [6.45, 7) is 7.20. The number of esters is 2. The highest BCUT2D eigenvalue weighted by molar-refractivity contribution is 5.93. The van der Waals surface area contributed by atoms with Gasteiger partial charge in [-0.05, 0) is 5.56 Å². The molecule has 1 rings (SSSR count). The highest BCUT2D eigenvalue weighted by Crippen LogP contribution is 2.07. The molecule has 0 heterocycles. The van der Waals surface area contributed by atoms with Gasteiger partial charge in [0.05, 0.1) is 6.42 Å². The Kier molecular flexibility index (Phi) is 6.09. The quantitative estimate of drug-likeness (QED) is 0.429. The maximum Gasteiger partial charge on any atom is 0.334 e. The first kappa shape index (κ1) is 14.7. The minimum absolute atomic E-state index is 0.0741. The maximum absolute atomic E-state index is 11.6. The first-order chi connectivity index (χ1) is 9.13. The number of rotatable bonds is 7. The van der Waals surface area contributed by atoms with Crippen molar-refractivity contribution in [2.45, 2.75) is 13.0 Å². The standard InChI is InChI=1S/C15H16O4/c1-3-9-18-14(16)10-12(2)15(17)19-11-13-7-5-4-6-8-13/h3-8H,1-2,9-11H2. The number of carbonyl (C=O) groups is 2. The molecule has 100 valence electrons. The highest BCUT2D eigenvalue weighted by Gasteiger charge is 2.13. The summed E-state index contributed by atoms with van der Waals surface area (Å²) in [6.07, 6.45) is 1.27. The predicted octanol–water partition coefficient (Wildman–Crippen LogP) is 2.41. The average Bonchev–Trinajstić information content (AvgIpc) is 2.43. The van der Waals surface area contributed by atoms with Crippen LogP contribution in [0.2, 0.25) is 0 Å². The molecule has 0 atom stereocenters. The number of hydrogen-bond donors (Lipinski definition) is 0. The minimum Gasteiger partial charge on any atom is -0.461 e. The number of hydrogen-bond acceptors (Lipinski definition) is 4. The van der Waals surface area contributed by atoms with Crippen LogP contribution < -0.4 is 0 Å². The number of benzene rings is 1. The van der Waals surface area contributed by atoms with Gasteiger partial charge in [-0.15, -0.1) is 0 Å². The molecule has 19 heavy (non-hydrogen) atoms. The summed E-state index contributed by atoms with van der Waals surface area (Å²) in [4.78, 5) is 22.8. The van der Waals surface area contributed by atoms with E-state index in [1.165, 1.54) is 6.08 Å². The summed E-state index contributed by atoms with van der Waals surface area (Å²) in [5.74, 6) is -1.12. The highest BCUT2D eigenvalue weighted by atomic mass is 16.5. The molecule has 0 amide bonds. The molecule has 0 radical (unpaired) electrons. The summed E-state index contributed by atoms with van der Waals surface area (Å²) < 4.78 is 9.78. The molecule has 1 aromatic rings. The minimum atomic E-state index is -0.598. The fourth-order valence-electron chi connectivity index (χ4n) is 1.27. The smallest absolute Gasteiger partial charge is 0.334 e. The molecule has 0 saturated heterocycles. The molecular weight excluding hydrogens is 244 g/mol. The van der Waals surface area contributed by atoms with E-state index in [0.717, 1.165) is 5.56 Å². The van der Waals surface area contributed by atoms with Crippen LogP contribution in [0.4, 0.5) is 0 Å². The molecule has 0 saturated carbocycles. The number of ether oxygens (including phenoxy) is 2. The molecule has 0 unspecified atom stereocenters. The van der Waals surface area contributed by atoms with Crippen LogP contribution in [0, 0.1) is 0 Å². The van der Waals surface area contributed by atoms with Gasteiger partial charge in [0, 0.05) is 5.57 Å². The average molecular weight is 260 g/mol. The molecular formula is C15H16O4. The lowest BCUT2D eigenvalue weighted by Gasteiger charge is -2.07. The predicted molar refractivity (Wildman–Crippen MR) is 71.2 cm³/mol. The monoisotopic (exact) mass is 260 g/mol. The molecule has 0 fully saturated rings. The lowest BCUT2D eigenvalue weighted by Crippen LogP contribution is -2.13. The van der Waals surface area contributed by atoms with E-state index >= 15 is 0 Å². The van der Waals surface area contributed by atoms with Crippen LogP contribution in [0.5, 0.6) is 0 Å². The van der Waals surface area contributed by atoms with Crippen molar-refractivity contribution in [2.75, 3.05) is 6.61 Å². The second-order valence-corrected chi connectivity index (χ2v) is 3.81. The zero-order valence-corrected chi connectivity index (χ0v) is 10.6. The van der Waals surface area contributed by atoms with Crippen LogP contribution in [-0.4, -0.2) is 18.5 Å². The molecule has 0 aromatic heterocycles. The largest absolute Gasteiger partial charge is 0.461 e. The first-order valence-electron chi connectivity index (χ1n) is 5.79. The zero-order chi connectivity index (χ0) is 14.1. The Hall–Kier alpha value is -2.36. The second kappa shape index (κ2) is 7.87. The third-order valence-corrected chi connectivity index (χ3v) is 2.22. The Morgan fingerprint density at radius 3 is 2.47 bits per heavy atom. The molecule has 0 aliphatic heterocycles. The second-order valence-electron chi connectivity index (χ2n) is 3.81. The lowest BCUT2D eigenvalue weighted by molar-refractivity contribution is -0.146. The van der Waals surface area contributed by atoms with E-state index in [0.29, 0.717) is 0 Å². The van der Waals surface area contributed by atoms with Crippen molar-refractivity contribution in [1.82, 2.24) is 0 Å². The number of carbonyl (C=O) groups excluding carboxylic acids is 2. The van der Waals surface area contributed by atoms with Crippen LogP contribution in [-0.2, 0) is 25.7 Å². The first-order valence-corrected chi connectivity index (χ1v) is 5.79. The summed E-state index contributed by atoms with van der Waals surface area (Å²) >= 11 is 0. The van der Waals surface area contributed by atoms with E-state index in [1.807, 2.05) is 30.3 Å². The van der Waals surface area contributed by atoms with Crippen molar-refractivity contribution < 1.29 is 19.1 Å². The molecule has 1 aromatic carbocycles. The van der Waals surface area contributed by atoms with Gasteiger partial charge in [0.15, 0.2) is 0 Å². The van der Waals surface area contributed by atoms with Gasteiger partial charge in [-0.2, -0.15) is 0 Å². The van der Waals surface area contributed by atoms with E-state index in [1.54, 1.807) is 0 Å². The fourth-order valence-corrected chi connectivity index (χ4v) is 1.27. The lowest BCUT2D eigenvalue weighted by atomic mass is 10.2. The van der Waals surface area contributed by atoms with E-state index in [9.17, 15) is 9.59 Å². The Morgan fingerprint density at radius 1 is 1.16 bits per heavy atom. The Morgan fingerprint density at radius 2 is 1.84 bits per heavy atom. The van der Waals surface area contributed by atoms with Gasteiger partial charge in [0.1, 0.15) is 13.2 Å². The van der Waals surface area contributed by atoms with Crippen molar-refractivity contribution in [1.29, 1.82) is 0 Å². The van der Waals surface area contributed by atoms with Crippen LogP contribution in [0.1, 0.15) is 12.0 Å². The molecule has 4 heteroatoms. The zero-order valence-electron chi connectivity index (χ0n) is 10.6. The van der Waals surface area contributed by atoms with Crippen molar-refractivity contribution in [3.63, 3.8) is 0 Å². The SMILES string of the molecule is C=CCOC(=O)CC(=C)C(=O)OCc1ccccc1. The molecule has 0 spiro atoms. The van der Waals surface area contributed by atoms with Crippen LogP contribution >= 0.6 is 0 Å². The molecule has 0 aliphatic rings. The van der Waals surface area contributed by atoms with Crippen LogP contribution in [0.25, 0.3) is 0 Å². The van der Waals surface area contributed by atoms with Gasteiger partial charge < -0.3 is 9.47 Å². The molecule has 0 N–H and O–H groups in total. The molecule has 0 aliphatic carbocycles. The molecule has 4 nitrogen and oxygen atoms in total.